The molecule has 0 aliphatic heterocycles. The van der Waals surface area contributed by atoms with Crippen molar-refractivity contribution in [1.82, 2.24) is 5.27 Å². The fourth-order valence-electron chi connectivity index (χ4n) is 1.69. The number of nitrogens with one attached hydrogen (secondary N) is 2. The van der Waals surface area contributed by atoms with Crippen molar-refractivity contribution in [2.45, 2.75) is 23.6 Å². The van der Waals surface area contributed by atoms with Crippen LogP contribution in [0.25, 0.3) is 0 Å². The van der Waals surface area contributed by atoms with Crippen LogP contribution in [0.15, 0.2) is 38.6 Å². The number of carbonyl (C=O) groups is 1. The minimum Gasteiger partial charge on any atom is -0.324 e. The van der Waals surface area contributed by atoms with Crippen molar-refractivity contribution in [2.75, 3.05) is 5.32 Å². The number of nitrogens with zero attached hydrogens (tertiary/aromatic N) is 1. The normalized spacial score (nSPS) is 12.1. The number of rotatable bonds is 5. The van der Waals surface area contributed by atoms with Crippen LogP contribution >= 0.6 is 23.4 Å². The van der Waals surface area contributed by atoms with E-state index in [0.717, 1.165) is 11.8 Å². The summed E-state index contributed by atoms with van der Waals surface area (Å²) < 4.78 is 6.11. The van der Waals surface area contributed by atoms with Gasteiger partial charge in [-0.2, -0.15) is 0 Å². The van der Waals surface area contributed by atoms with Crippen molar-refractivity contribution in [2.24, 2.45) is 7.05 Å². The van der Waals surface area contributed by atoms with E-state index in [1.807, 2.05) is 6.92 Å². The van der Waals surface area contributed by atoms with E-state index < -0.39 is 10.9 Å². The minimum absolute atomic E-state index is 0.212. The second-order valence-corrected chi connectivity index (χ2v) is 5.93. The summed E-state index contributed by atoms with van der Waals surface area (Å²) in [5.41, 5.74) is 0.0557. The van der Waals surface area contributed by atoms with Gasteiger partial charge in [0.05, 0.1) is 16.0 Å². The van der Waals surface area contributed by atoms with Crippen LogP contribution in [-0.2, 0) is 11.8 Å². The molecule has 0 saturated heterocycles. The molecule has 0 aliphatic carbocycles. The number of hydrogen-bond donors (Lipinski definition) is 2. The number of carbonyl (C=O) groups excluding carboxylic acids is 1. The molecule has 0 bridgehead atoms. The van der Waals surface area contributed by atoms with Gasteiger partial charge in [-0.25, -0.2) is 4.79 Å². The lowest BCUT2D eigenvalue weighted by Gasteiger charge is -2.12. The van der Waals surface area contributed by atoms with Gasteiger partial charge in [-0.3, -0.25) is 9.32 Å². The van der Waals surface area contributed by atoms with Crippen molar-refractivity contribution in [1.29, 1.82) is 0 Å². The standard InChI is InChI=1S/C13H14ClN3O3S/c1-3-10(21-12-13(19)20-16-17(12)2)11(18)15-9-7-5-4-6-8(9)14/h4-7,10H,3H2,1-2H3,(H-,15,16,18,19)/p+1. The summed E-state index contributed by atoms with van der Waals surface area (Å²) in [5, 5.41) is 5.58. The smallest absolute Gasteiger partial charge is 0.324 e. The first-order chi connectivity index (χ1) is 10.0. The predicted octanol–water partition coefficient (Wildman–Crippen LogP) is 1.96. The summed E-state index contributed by atoms with van der Waals surface area (Å²) in [6.45, 7) is 1.87. The Morgan fingerprint density at radius 1 is 1.52 bits per heavy atom. The van der Waals surface area contributed by atoms with Gasteiger partial charge in [0.25, 0.3) is 0 Å². The van der Waals surface area contributed by atoms with E-state index in [1.54, 1.807) is 31.3 Å². The van der Waals surface area contributed by atoms with Crippen molar-refractivity contribution in [3.05, 3.63) is 39.7 Å². The van der Waals surface area contributed by atoms with Crippen LogP contribution in [-0.4, -0.2) is 16.4 Å². The highest BCUT2D eigenvalue weighted by Crippen LogP contribution is 2.24. The fourth-order valence-corrected chi connectivity index (χ4v) is 2.81. The molecule has 1 aromatic carbocycles. The van der Waals surface area contributed by atoms with Crippen molar-refractivity contribution in [3.8, 4) is 0 Å². The molecule has 1 aromatic heterocycles. The summed E-state index contributed by atoms with van der Waals surface area (Å²) in [7, 11) is 1.64. The van der Waals surface area contributed by atoms with Crippen LogP contribution in [0.5, 0.6) is 0 Å². The number of hydrogen-bond acceptors (Lipinski definition) is 4. The Hall–Kier alpha value is -1.73. The average Bonchev–Trinajstić information content (AvgIpc) is 2.78. The predicted molar refractivity (Wildman–Crippen MR) is 80.5 cm³/mol. The second-order valence-electron chi connectivity index (χ2n) is 4.33. The molecule has 0 fully saturated rings. The number of benzene rings is 1. The molecule has 0 radical (unpaired) electrons. The summed E-state index contributed by atoms with van der Waals surface area (Å²) in [5.74, 6) is -0.212. The van der Waals surface area contributed by atoms with E-state index in [-0.39, 0.29) is 5.91 Å². The SMILES string of the molecule is CCC(Sc1c(=O)o[nH][n+]1C)C(=O)Nc1ccccc1Cl. The second kappa shape index (κ2) is 6.82. The number of aryl methyl sites for hydroxylation is 1. The average molecular weight is 329 g/mol. The molecule has 1 amide bonds. The molecule has 112 valence electrons. The van der Waals surface area contributed by atoms with Gasteiger partial charge in [0, 0.05) is 0 Å². The fraction of sp³-hybridized carbons (Fsp3) is 0.308. The number of aromatic nitrogens is 2. The van der Waals surface area contributed by atoms with Crippen LogP contribution in [0.4, 0.5) is 5.69 Å². The highest BCUT2D eigenvalue weighted by Gasteiger charge is 2.27. The zero-order valence-electron chi connectivity index (χ0n) is 11.6. The van der Waals surface area contributed by atoms with E-state index in [1.165, 1.54) is 4.68 Å². The third-order valence-corrected chi connectivity index (χ3v) is 4.63. The highest BCUT2D eigenvalue weighted by molar-refractivity contribution is 8.00. The van der Waals surface area contributed by atoms with E-state index in [9.17, 15) is 9.59 Å². The lowest BCUT2D eigenvalue weighted by molar-refractivity contribution is -0.772. The maximum Gasteiger partial charge on any atom is 0.441 e. The van der Waals surface area contributed by atoms with Crippen LogP contribution < -0.4 is 15.6 Å². The van der Waals surface area contributed by atoms with Crippen LogP contribution in [0.1, 0.15) is 13.3 Å². The first kappa shape index (κ1) is 15.7. The number of para-hydroxylation sites is 1. The number of halogens is 1. The largest absolute Gasteiger partial charge is 0.441 e. The van der Waals surface area contributed by atoms with E-state index in [0.29, 0.717) is 22.2 Å². The van der Waals surface area contributed by atoms with Gasteiger partial charge in [0.1, 0.15) is 0 Å². The molecule has 2 aromatic rings. The minimum atomic E-state index is -0.494. The van der Waals surface area contributed by atoms with E-state index in [4.69, 9.17) is 11.6 Å². The first-order valence-electron chi connectivity index (χ1n) is 6.32. The van der Waals surface area contributed by atoms with Crippen molar-refractivity contribution >= 4 is 35.0 Å². The third-order valence-electron chi connectivity index (χ3n) is 2.80. The van der Waals surface area contributed by atoms with Crippen molar-refractivity contribution < 1.29 is 14.0 Å². The Labute approximate surface area is 130 Å². The number of anilines is 1. The molecule has 0 aliphatic rings. The first-order valence-corrected chi connectivity index (χ1v) is 7.58. The molecule has 2 N–H and O–H groups in total. The molecule has 8 heteroatoms. The molecule has 0 spiro atoms. The molecule has 1 atom stereocenters. The summed E-state index contributed by atoms with van der Waals surface area (Å²) in [4.78, 5) is 23.8. The number of thioether (sulfide) groups is 1. The van der Waals surface area contributed by atoms with Crippen molar-refractivity contribution in [3.63, 3.8) is 0 Å². The van der Waals surface area contributed by atoms with Gasteiger partial charge >= 0.3 is 10.7 Å². The number of aromatic amines is 1. The Kier molecular flexibility index (Phi) is 5.08. The summed E-state index contributed by atoms with van der Waals surface area (Å²) in [6.07, 6.45) is 0.561. The van der Waals surface area contributed by atoms with Gasteiger partial charge in [-0.15, -0.1) is 0 Å². The maximum absolute atomic E-state index is 12.3. The molecule has 21 heavy (non-hydrogen) atoms. The van der Waals surface area contributed by atoms with Crippen LogP contribution in [0, 0.1) is 0 Å². The number of H-pyrrole nitrogens is 1. The van der Waals surface area contributed by atoms with Gasteiger partial charge < -0.3 is 5.32 Å². The summed E-state index contributed by atoms with van der Waals surface area (Å²) >= 11 is 7.17. The van der Waals surface area contributed by atoms with Crippen LogP contribution in [0.3, 0.4) is 0 Å². The lowest BCUT2D eigenvalue weighted by Crippen LogP contribution is -2.35. The summed E-state index contributed by atoms with van der Waals surface area (Å²) in [6, 6.07) is 7.00. The Morgan fingerprint density at radius 3 is 2.81 bits per heavy atom. The topological polar surface area (TPSA) is 79.0 Å². The molecule has 1 unspecified atom stereocenters. The van der Waals surface area contributed by atoms with Crippen LogP contribution in [0.2, 0.25) is 5.02 Å². The maximum atomic E-state index is 12.3. The molecule has 2 rings (SSSR count). The third kappa shape index (κ3) is 3.68. The molecule has 6 nitrogen and oxygen atoms in total. The van der Waals surface area contributed by atoms with E-state index in [2.05, 4.69) is 15.1 Å². The number of amides is 1. The monoisotopic (exact) mass is 328 g/mol. The van der Waals surface area contributed by atoms with E-state index >= 15 is 0 Å². The van der Waals surface area contributed by atoms with Gasteiger partial charge in [-0.05, 0) is 35.6 Å². The van der Waals surface area contributed by atoms with Gasteiger partial charge in [0.2, 0.25) is 5.91 Å². The quantitative estimate of drug-likeness (QED) is 0.649. The molecular weight excluding hydrogens is 314 g/mol. The lowest BCUT2D eigenvalue weighted by atomic mass is 10.2. The van der Waals surface area contributed by atoms with Gasteiger partial charge in [-0.1, -0.05) is 35.3 Å². The molecule has 1 heterocycles. The van der Waals surface area contributed by atoms with Gasteiger partial charge in [0.15, 0.2) is 7.05 Å². The highest BCUT2D eigenvalue weighted by atomic mass is 35.5. The Morgan fingerprint density at radius 2 is 2.24 bits per heavy atom. The zero-order valence-corrected chi connectivity index (χ0v) is 13.1. The zero-order chi connectivity index (χ0) is 15.4. The molecular formula is C13H15ClN3O3S+. The Bertz CT molecular complexity index is 698. The molecule has 0 saturated carbocycles. The Balaban J connectivity index is 2.13.